The first-order valence-corrected chi connectivity index (χ1v) is 6.24. The molecular formula is C9H12Cl2N2S. The third-order valence-electron chi connectivity index (χ3n) is 1.64. The molecule has 0 bridgehead atoms. The van der Waals surface area contributed by atoms with Gasteiger partial charge in [0.1, 0.15) is 10.3 Å². The molecule has 14 heavy (non-hydrogen) atoms. The number of nitrogens with two attached hydrogens (primary N) is 1. The maximum Gasteiger partial charge on any atom is 0.134 e. The lowest BCUT2D eigenvalue weighted by atomic mass is 10.3. The van der Waals surface area contributed by atoms with Crippen molar-refractivity contribution in [3.8, 4) is 0 Å². The van der Waals surface area contributed by atoms with Gasteiger partial charge in [0.05, 0.1) is 0 Å². The fourth-order valence-electron chi connectivity index (χ4n) is 0.916. The molecule has 0 radical (unpaired) electrons. The summed E-state index contributed by atoms with van der Waals surface area (Å²) in [5, 5.41) is 0.934. The van der Waals surface area contributed by atoms with Crippen molar-refractivity contribution in [2.75, 3.05) is 12.3 Å². The van der Waals surface area contributed by atoms with E-state index in [1.165, 1.54) is 0 Å². The van der Waals surface area contributed by atoms with Crippen molar-refractivity contribution in [2.45, 2.75) is 12.2 Å². The Labute approximate surface area is 98.2 Å². The highest BCUT2D eigenvalue weighted by molar-refractivity contribution is 7.98. The van der Waals surface area contributed by atoms with Gasteiger partial charge in [0, 0.05) is 5.75 Å². The summed E-state index contributed by atoms with van der Waals surface area (Å²) in [6, 6.07) is 3.67. The predicted octanol–water partition coefficient (Wildman–Crippen LogP) is 2.97. The molecule has 0 atom stereocenters. The van der Waals surface area contributed by atoms with Gasteiger partial charge in [0.2, 0.25) is 0 Å². The molecule has 0 saturated heterocycles. The second kappa shape index (κ2) is 6.51. The van der Waals surface area contributed by atoms with Crippen LogP contribution in [0, 0.1) is 0 Å². The van der Waals surface area contributed by atoms with E-state index in [0.717, 1.165) is 30.0 Å². The number of rotatable bonds is 5. The van der Waals surface area contributed by atoms with Gasteiger partial charge in [0.25, 0.3) is 0 Å². The Balaban J connectivity index is 2.42. The summed E-state index contributed by atoms with van der Waals surface area (Å²) in [5.74, 6) is 1.92. The fourth-order valence-corrected chi connectivity index (χ4v) is 2.38. The molecular weight excluding hydrogens is 239 g/mol. The highest BCUT2D eigenvalue weighted by Crippen LogP contribution is 2.21. The Morgan fingerprint density at radius 3 is 2.79 bits per heavy atom. The van der Waals surface area contributed by atoms with Gasteiger partial charge >= 0.3 is 0 Å². The molecule has 0 fully saturated rings. The maximum absolute atomic E-state index is 5.91. The molecule has 1 heterocycles. The highest BCUT2D eigenvalue weighted by atomic mass is 35.5. The molecule has 0 aromatic carbocycles. The van der Waals surface area contributed by atoms with Crippen molar-refractivity contribution in [3.05, 3.63) is 28.0 Å². The average Bonchev–Trinajstić information content (AvgIpc) is 2.15. The first-order chi connectivity index (χ1) is 6.74. The van der Waals surface area contributed by atoms with Crippen molar-refractivity contribution in [3.63, 3.8) is 0 Å². The average molecular weight is 251 g/mol. The summed E-state index contributed by atoms with van der Waals surface area (Å²) in [5.41, 5.74) is 6.41. The van der Waals surface area contributed by atoms with Crippen molar-refractivity contribution in [1.29, 1.82) is 0 Å². The van der Waals surface area contributed by atoms with Gasteiger partial charge in [-0.25, -0.2) is 4.98 Å². The molecule has 1 rings (SSSR count). The second-order valence-electron chi connectivity index (χ2n) is 2.78. The van der Waals surface area contributed by atoms with Crippen LogP contribution in [0.1, 0.15) is 12.0 Å². The van der Waals surface area contributed by atoms with Crippen LogP contribution in [0.3, 0.4) is 0 Å². The van der Waals surface area contributed by atoms with Crippen molar-refractivity contribution in [1.82, 2.24) is 4.98 Å². The van der Waals surface area contributed by atoms with Crippen molar-refractivity contribution < 1.29 is 0 Å². The first kappa shape index (κ1) is 12.1. The standard InChI is InChI=1S/C9H12Cl2N2S/c10-8-3-2-7(9(11)13-8)6-14-5-1-4-12/h2-3H,1,4-6,12H2. The summed E-state index contributed by atoms with van der Waals surface area (Å²) >= 11 is 13.4. The molecule has 0 saturated carbocycles. The number of nitrogens with zero attached hydrogens (tertiary/aromatic N) is 1. The van der Waals surface area contributed by atoms with E-state index in [0.29, 0.717) is 10.3 Å². The molecule has 0 aliphatic carbocycles. The van der Waals surface area contributed by atoms with Crippen LogP contribution in [0.2, 0.25) is 10.3 Å². The fraction of sp³-hybridized carbons (Fsp3) is 0.444. The Morgan fingerprint density at radius 1 is 1.36 bits per heavy atom. The minimum atomic E-state index is 0.436. The molecule has 0 amide bonds. The number of hydrogen-bond donors (Lipinski definition) is 1. The van der Waals surface area contributed by atoms with Crippen molar-refractivity contribution >= 4 is 35.0 Å². The van der Waals surface area contributed by atoms with Crippen molar-refractivity contribution in [2.24, 2.45) is 5.73 Å². The van der Waals surface area contributed by atoms with Gasteiger partial charge in [-0.3, -0.25) is 0 Å². The summed E-state index contributed by atoms with van der Waals surface area (Å²) in [7, 11) is 0. The zero-order valence-electron chi connectivity index (χ0n) is 7.67. The molecule has 2 N–H and O–H groups in total. The Bertz CT molecular complexity index is 294. The lowest BCUT2D eigenvalue weighted by Gasteiger charge is -2.03. The molecule has 0 spiro atoms. The van der Waals surface area contributed by atoms with Gasteiger partial charge in [-0.15, -0.1) is 0 Å². The van der Waals surface area contributed by atoms with Gasteiger partial charge in [-0.2, -0.15) is 11.8 Å². The first-order valence-electron chi connectivity index (χ1n) is 4.33. The molecule has 5 heteroatoms. The molecule has 1 aromatic rings. The van der Waals surface area contributed by atoms with Crippen LogP contribution in [0.15, 0.2) is 12.1 Å². The molecule has 2 nitrogen and oxygen atoms in total. The van der Waals surface area contributed by atoms with E-state index >= 15 is 0 Å². The van der Waals surface area contributed by atoms with Gasteiger partial charge in [0.15, 0.2) is 0 Å². The molecule has 78 valence electrons. The number of hydrogen-bond acceptors (Lipinski definition) is 3. The smallest absolute Gasteiger partial charge is 0.134 e. The van der Waals surface area contributed by atoms with E-state index in [1.54, 1.807) is 17.8 Å². The lowest BCUT2D eigenvalue weighted by molar-refractivity contribution is 0.943. The van der Waals surface area contributed by atoms with E-state index < -0.39 is 0 Å². The van der Waals surface area contributed by atoms with Gasteiger partial charge < -0.3 is 5.73 Å². The lowest BCUT2D eigenvalue weighted by Crippen LogP contribution is -1.99. The van der Waals surface area contributed by atoms with Gasteiger partial charge in [-0.1, -0.05) is 29.3 Å². The van der Waals surface area contributed by atoms with E-state index in [1.807, 2.05) is 6.07 Å². The van der Waals surface area contributed by atoms with Crippen LogP contribution in [0.5, 0.6) is 0 Å². The van der Waals surface area contributed by atoms with E-state index in [4.69, 9.17) is 28.9 Å². The molecule has 1 aromatic heterocycles. The number of thioether (sulfide) groups is 1. The summed E-state index contributed by atoms with van der Waals surface area (Å²) in [6.07, 6.45) is 1.03. The minimum Gasteiger partial charge on any atom is -0.330 e. The van der Waals surface area contributed by atoms with E-state index in [2.05, 4.69) is 4.98 Å². The highest BCUT2D eigenvalue weighted by Gasteiger charge is 2.02. The van der Waals surface area contributed by atoms with Crippen LogP contribution in [0.4, 0.5) is 0 Å². The SMILES string of the molecule is NCCCSCc1ccc(Cl)nc1Cl. The summed E-state index contributed by atoms with van der Waals surface area (Å²) in [4.78, 5) is 3.97. The largest absolute Gasteiger partial charge is 0.330 e. The monoisotopic (exact) mass is 250 g/mol. The van der Waals surface area contributed by atoms with E-state index in [-0.39, 0.29) is 0 Å². The zero-order valence-corrected chi connectivity index (χ0v) is 10.0. The Morgan fingerprint density at radius 2 is 2.14 bits per heavy atom. The number of aromatic nitrogens is 1. The third kappa shape index (κ3) is 4.05. The van der Waals surface area contributed by atoms with Crippen LogP contribution in [0.25, 0.3) is 0 Å². The molecule has 0 aliphatic heterocycles. The third-order valence-corrected chi connectivity index (χ3v) is 3.27. The number of halogens is 2. The summed E-state index contributed by atoms with van der Waals surface area (Å²) < 4.78 is 0. The van der Waals surface area contributed by atoms with Crippen LogP contribution < -0.4 is 5.73 Å². The second-order valence-corrected chi connectivity index (χ2v) is 4.63. The molecule has 0 unspecified atom stereocenters. The topological polar surface area (TPSA) is 38.9 Å². The Kier molecular flexibility index (Phi) is 5.63. The number of pyridine rings is 1. The van der Waals surface area contributed by atoms with E-state index in [9.17, 15) is 0 Å². The quantitative estimate of drug-likeness (QED) is 0.646. The zero-order chi connectivity index (χ0) is 10.4. The predicted molar refractivity (Wildman–Crippen MR) is 64.1 cm³/mol. The molecule has 0 aliphatic rings. The van der Waals surface area contributed by atoms with Gasteiger partial charge in [-0.05, 0) is 30.3 Å². The normalized spacial score (nSPS) is 10.5. The van der Waals surface area contributed by atoms with Crippen LogP contribution in [-0.4, -0.2) is 17.3 Å². The summed E-state index contributed by atoms with van der Waals surface area (Å²) in [6.45, 7) is 0.736. The maximum atomic E-state index is 5.91. The van der Waals surface area contributed by atoms with Crippen LogP contribution in [-0.2, 0) is 5.75 Å². The Hall–Kier alpha value is 0.0400. The minimum absolute atomic E-state index is 0.436. The van der Waals surface area contributed by atoms with Crippen LogP contribution >= 0.6 is 35.0 Å².